The minimum absolute atomic E-state index is 0.179. The maximum Gasteiger partial charge on any atom is 0.251 e. The van der Waals surface area contributed by atoms with Crippen molar-refractivity contribution in [2.24, 2.45) is 0 Å². The molecule has 0 saturated carbocycles. The molecule has 1 aliphatic rings. The Bertz CT molecular complexity index is 1340. The van der Waals surface area contributed by atoms with Gasteiger partial charge in [-0.2, -0.15) is 10.2 Å². The van der Waals surface area contributed by atoms with Crippen LogP contribution in [0.3, 0.4) is 0 Å². The summed E-state index contributed by atoms with van der Waals surface area (Å²) in [5.41, 5.74) is 0.775. The van der Waals surface area contributed by atoms with Gasteiger partial charge < -0.3 is 25.2 Å². The molecule has 2 aromatic heterocycles. The SMILES string of the molecule is C[C@H](O)C(=O)N1CC[C@H](Oc2ccc(-c3ncnc(Nc4ccc(C(C)(C)O)nc4)n3)cc2C#N)[C@@H](F)C1. The minimum atomic E-state index is -1.47. The molecule has 0 aliphatic carbocycles. The van der Waals surface area contributed by atoms with Gasteiger partial charge in [-0.25, -0.2) is 14.4 Å². The third kappa shape index (κ3) is 6.19. The zero-order valence-corrected chi connectivity index (χ0v) is 21.2. The molecule has 1 saturated heterocycles. The molecule has 1 fully saturated rings. The molecular weight excluding hydrogens is 493 g/mol. The van der Waals surface area contributed by atoms with Gasteiger partial charge in [-0.3, -0.25) is 9.78 Å². The lowest BCUT2D eigenvalue weighted by atomic mass is 10.0. The zero-order chi connectivity index (χ0) is 27.4. The molecule has 1 amide bonds. The number of aliphatic hydroxyl groups is 2. The highest BCUT2D eigenvalue weighted by Crippen LogP contribution is 2.28. The second kappa shape index (κ2) is 11.0. The van der Waals surface area contributed by atoms with Crippen molar-refractivity contribution in [3.05, 3.63) is 54.1 Å². The standard InChI is InChI=1S/C26H28FN7O4/c1-15(35)24(36)34-9-8-21(19(27)13-34)38-20-6-4-16(10-17(20)11-28)23-30-14-31-25(33-23)32-18-5-7-22(29-12-18)26(2,3)37/h4-7,10,12,14-15,19,21,35,37H,8-9,13H2,1-3H3,(H,30,31,32,33)/t15-,19-,21-/m0/s1. The number of benzene rings is 1. The van der Waals surface area contributed by atoms with Crippen LogP contribution >= 0.6 is 0 Å². The number of amides is 1. The Hall–Kier alpha value is -4.21. The Morgan fingerprint density at radius 1 is 1.29 bits per heavy atom. The number of carbonyl (C=O) groups is 1. The summed E-state index contributed by atoms with van der Waals surface area (Å²) in [6.45, 7) is 4.69. The van der Waals surface area contributed by atoms with E-state index in [2.05, 4.69) is 31.3 Å². The number of ether oxygens (including phenoxy) is 1. The van der Waals surface area contributed by atoms with Gasteiger partial charge in [-0.15, -0.1) is 0 Å². The number of nitriles is 1. The van der Waals surface area contributed by atoms with Crippen LogP contribution in [0.5, 0.6) is 5.75 Å². The van der Waals surface area contributed by atoms with Crippen molar-refractivity contribution in [2.45, 2.75) is 51.2 Å². The first-order valence-electron chi connectivity index (χ1n) is 12.0. The van der Waals surface area contributed by atoms with E-state index in [1.54, 1.807) is 50.4 Å². The highest BCUT2D eigenvalue weighted by Gasteiger charge is 2.34. The van der Waals surface area contributed by atoms with Crippen LogP contribution in [0.15, 0.2) is 42.9 Å². The zero-order valence-electron chi connectivity index (χ0n) is 21.2. The van der Waals surface area contributed by atoms with Crippen molar-refractivity contribution in [3.8, 4) is 23.2 Å². The predicted molar refractivity (Wildman–Crippen MR) is 135 cm³/mol. The summed E-state index contributed by atoms with van der Waals surface area (Å²) in [7, 11) is 0. The monoisotopic (exact) mass is 521 g/mol. The number of likely N-dealkylation sites (tertiary alicyclic amines) is 1. The van der Waals surface area contributed by atoms with E-state index < -0.39 is 29.9 Å². The molecule has 3 atom stereocenters. The fraction of sp³-hybridized carbons (Fsp3) is 0.385. The van der Waals surface area contributed by atoms with Gasteiger partial charge in [0.15, 0.2) is 12.0 Å². The third-order valence-electron chi connectivity index (χ3n) is 6.01. The summed E-state index contributed by atoms with van der Waals surface area (Å²) in [5.74, 6) is 0.247. The van der Waals surface area contributed by atoms with E-state index in [-0.39, 0.29) is 36.8 Å². The van der Waals surface area contributed by atoms with Crippen LogP contribution in [-0.4, -0.2) is 72.4 Å². The van der Waals surface area contributed by atoms with Gasteiger partial charge in [0.05, 0.1) is 29.7 Å². The highest BCUT2D eigenvalue weighted by atomic mass is 19.1. The first-order chi connectivity index (χ1) is 18.0. The molecular formula is C26H28FN7O4. The molecule has 4 rings (SSSR count). The Morgan fingerprint density at radius 2 is 2.08 bits per heavy atom. The van der Waals surface area contributed by atoms with E-state index in [0.29, 0.717) is 22.8 Å². The summed E-state index contributed by atoms with van der Waals surface area (Å²) >= 11 is 0. The lowest BCUT2D eigenvalue weighted by molar-refractivity contribution is -0.143. The van der Waals surface area contributed by atoms with Crippen LogP contribution in [0.25, 0.3) is 11.4 Å². The number of hydrogen-bond donors (Lipinski definition) is 3. The van der Waals surface area contributed by atoms with E-state index in [0.717, 1.165) is 0 Å². The number of pyridine rings is 1. The minimum Gasteiger partial charge on any atom is -0.486 e. The van der Waals surface area contributed by atoms with E-state index >= 15 is 0 Å². The number of hydrogen-bond acceptors (Lipinski definition) is 10. The first-order valence-corrected chi connectivity index (χ1v) is 12.0. The van der Waals surface area contributed by atoms with Gasteiger partial charge in [0.25, 0.3) is 5.91 Å². The van der Waals surface area contributed by atoms with Crippen LogP contribution in [0.2, 0.25) is 0 Å². The van der Waals surface area contributed by atoms with Gasteiger partial charge >= 0.3 is 0 Å². The van der Waals surface area contributed by atoms with Crippen LogP contribution in [-0.2, 0) is 10.4 Å². The van der Waals surface area contributed by atoms with Crippen LogP contribution < -0.4 is 10.1 Å². The number of aliphatic hydroxyl groups excluding tert-OH is 1. The molecule has 1 aromatic carbocycles. The van der Waals surface area contributed by atoms with Crippen molar-refractivity contribution in [3.63, 3.8) is 0 Å². The number of halogens is 1. The van der Waals surface area contributed by atoms with Crippen LogP contribution in [0.4, 0.5) is 16.0 Å². The summed E-state index contributed by atoms with van der Waals surface area (Å²) in [6.07, 6.45) is -0.396. The molecule has 0 radical (unpaired) electrons. The first kappa shape index (κ1) is 26.8. The van der Waals surface area contributed by atoms with Crippen LogP contribution in [0, 0.1) is 11.3 Å². The smallest absolute Gasteiger partial charge is 0.251 e. The number of carbonyl (C=O) groups excluding carboxylic acids is 1. The Morgan fingerprint density at radius 3 is 2.71 bits per heavy atom. The highest BCUT2D eigenvalue weighted by molar-refractivity contribution is 5.80. The van der Waals surface area contributed by atoms with Gasteiger partial charge in [-0.1, -0.05) is 0 Å². The number of piperidine rings is 1. The van der Waals surface area contributed by atoms with Crippen molar-refractivity contribution in [1.82, 2.24) is 24.8 Å². The van der Waals surface area contributed by atoms with E-state index in [9.17, 15) is 24.7 Å². The van der Waals surface area contributed by atoms with E-state index in [1.165, 1.54) is 18.2 Å². The number of rotatable bonds is 7. The molecule has 3 N–H and O–H groups in total. The quantitative estimate of drug-likeness (QED) is 0.422. The van der Waals surface area contributed by atoms with Crippen molar-refractivity contribution < 1.29 is 24.1 Å². The molecule has 12 heteroatoms. The molecule has 3 aromatic rings. The second-order valence-electron chi connectivity index (χ2n) is 9.49. The Labute approximate surface area is 219 Å². The number of aromatic nitrogens is 4. The fourth-order valence-corrected chi connectivity index (χ4v) is 3.96. The number of alkyl halides is 1. The van der Waals surface area contributed by atoms with E-state index in [1.807, 2.05) is 0 Å². The topological polar surface area (TPSA) is 157 Å². The summed E-state index contributed by atoms with van der Waals surface area (Å²) in [4.78, 5) is 30.2. The molecule has 0 bridgehead atoms. The number of anilines is 2. The number of nitrogens with one attached hydrogen (secondary N) is 1. The number of nitrogens with zero attached hydrogens (tertiary/aromatic N) is 6. The average Bonchev–Trinajstić information content (AvgIpc) is 2.89. The Balaban J connectivity index is 1.47. The summed E-state index contributed by atoms with van der Waals surface area (Å²) in [5, 5.41) is 32.2. The molecule has 198 valence electrons. The second-order valence-corrected chi connectivity index (χ2v) is 9.49. The average molecular weight is 522 g/mol. The van der Waals surface area contributed by atoms with Crippen molar-refractivity contribution in [1.29, 1.82) is 5.26 Å². The normalized spacial score (nSPS) is 18.4. The largest absolute Gasteiger partial charge is 0.486 e. The van der Waals surface area contributed by atoms with Crippen molar-refractivity contribution >= 4 is 17.5 Å². The molecule has 3 heterocycles. The fourth-order valence-electron chi connectivity index (χ4n) is 3.96. The van der Waals surface area contributed by atoms with Crippen molar-refractivity contribution in [2.75, 3.05) is 18.4 Å². The van der Waals surface area contributed by atoms with Gasteiger partial charge in [0, 0.05) is 18.5 Å². The van der Waals surface area contributed by atoms with Gasteiger partial charge in [0.2, 0.25) is 5.95 Å². The lowest BCUT2D eigenvalue weighted by Crippen LogP contribution is -2.51. The third-order valence-corrected chi connectivity index (χ3v) is 6.01. The molecule has 0 spiro atoms. The molecule has 1 aliphatic heterocycles. The Kier molecular flexibility index (Phi) is 7.80. The lowest BCUT2D eigenvalue weighted by Gasteiger charge is -2.35. The predicted octanol–water partition coefficient (Wildman–Crippen LogP) is 2.47. The summed E-state index contributed by atoms with van der Waals surface area (Å²) in [6, 6.07) is 10.3. The van der Waals surface area contributed by atoms with Gasteiger partial charge in [-0.05, 0) is 51.1 Å². The maximum absolute atomic E-state index is 14.8. The van der Waals surface area contributed by atoms with Crippen LogP contribution in [0.1, 0.15) is 38.4 Å². The maximum atomic E-state index is 14.8. The molecule has 38 heavy (non-hydrogen) atoms. The summed E-state index contributed by atoms with van der Waals surface area (Å²) < 4.78 is 20.6. The van der Waals surface area contributed by atoms with E-state index in [4.69, 9.17) is 4.74 Å². The van der Waals surface area contributed by atoms with Gasteiger partial charge in [0.1, 0.15) is 36.0 Å². The molecule has 11 nitrogen and oxygen atoms in total. The molecule has 0 unspecified atom stereocenters.